The molecule has 33 heavy (non-hydrogen) atoms. The molecule has 2 aromatic carbocycles. The van der Waals surface area contributed by atoms with Gasteiger partial charge in [-0.1, -0.05) is 18.2 Å². The van der Waals surface area contributed by atoms with Gasteiger partial charge in [0.1, 0.15) is 17.0 Å². The number of hydrogen-bond acceptors (Lipinski definition) is 5. The molecule has 0 radical (unpaired) electrons. The molecular formula is C25H31N3O5. The third kappa shape index (κ3) is 6.71. The Kier molecular flexibility index (Phi) is 7.92. The van der Waals surface area contributed by atoms with Crippen LogP contribution >= 0.6 is 0 Å². The second-order valence-corrected chi connectivity index (χ2v) is 8.46. The maximum absolute atomic E-state index is 13.0. The van der Waals surface area contributed by atoms with Gasteiger partial charge in [0.15, 0.2) is 0 Å². The third-order valence-corrected chi connectivity index (χ3v) is 5.45. The number of anilines is 1. The Morgan fingerprint density at radius 3 is 2.18 bits per heavy atom. The molecule has 0 unspecified atom stereocenters. The topological polar surface area (TPSA) is 97.0 Å². The Balaban J connectivity index is 1.49. The molecular weight excluding hydrogens is 422 g/mol. The molecule has 8 nitrogen and oxygen atoms in total. The predicted octanol–water partition coefficient (Wildman–Crippen LogP) is 4.18. The summed E-state index contributed by atoms with van der Waals surface area (Å²) < 4.78 is 10.8. The minimum Gasteiger partial charge on any atom is -0.466 e. The summed E-state index contributed by atoms with van der Waals surface area (Å²) in [7, 11) is 0. The van der Waals surface area contributed by atoms with Gasteiger partial charge in [-0.25, -0.2) is 4.79 Å². The Hall–Kier alpha value is -3.55. The SMILES string of the molecule is CCOC(=O)C1CCN(C(=O)C(C)(C)NC(=O)Nc2ccc(Oc3ccccc3)cc2)CC1. The number of para-hydroxylation sites is 1. The third-order valence-electron chi connectivity index (χ3n) is 5.45. The first-order valence-electron chi connectivity index (χ1n) is 11.2. The van der Waals surface area contributed by atoms with E-state index in [4.69, 9.17) is 9.47 Å². The average molecular weight is 454 g/mol. The summed E-state index contributed by atoms with van der Waals surface area (Å²) >= 11 is 0. The maximum Gasteiger partial charge on any atom is 0.320 e. The largest absolute Gasteiger partial charge is 0.466 e. The molecule has 8 heteroatoms. The number of piperidine rings is 1. The van der Waals surface area contributed by atoms with Crippen LogP contribution in [0.15, 0.2) is 54.6 Å². The number of hydrogen-bond donors (Lipinski definition) is 2. The first-order valence-corrected chi connectivity index (χ1v) is 11.2. The molecule has 1 saturated heterocycles. The van der Waals surface area contributed by atoms with Crippen LogP contribution < -0.4 is 15.4 Å². The monoisotopic (exact) mass is 453 g/mol. The quantitative estimate of drug-likeness (QED) is 0.613. The van der Waals surface area contributed by atoms with E-state index >= 15 is 0 Å². The van der Waals surface area contributed by atoms with Crippen LogP contribution in [0.2, 0.25) is 0 Å². The van der Waals surface area contributed by atoms with E-state index in [9.17, 15) is 14.4 Å². The number of nitrogens with zero attached hydrogens (tertiary/aromatic N) is 1. The van der Waals surface area contributed by atoms with Crippen molar-refractivity contribution in [3.05, 3.63) is 54.6 Å². The van der Waals surface area contributed by atoms with Crippen LogP contribution in [-0.4, -0.2) is 48.0 Å². The highest BCUT2D eigenvalue weighted by atomic mass is 16.5. The number of nitrogens with one attached hydrogen (secondary N) is 2. The molecule has 0 bridgehead atoms. The number of urea groups is 1. The van der Waals surface area contributed by atoms with Gasteiger partial charge in [-0.05, 0) is 70.0 Å². The van der Waals surface area contributed by atoms with Gasteiger partial charge in [0.25, 0.3) is 0 Å². The fourth-order valence-corrected chi connectivity index (χ4v) is 3.70. The summed E-state index contributed by atoms with van der Waals surface area (Å²) in [6.45, 7) is 6.39. The highest BCUT2D eigenvalue weighted by molar-refractivity contribution is 5.95. The number of amides is 3. The molecule has 1 aliphatic rings. The molecule has 3 amide bonds. The van der Waals surface area contributed by atoms with Gasteiger partial charge in [-0.2, -0.15) is 0 Å². The Morgan fingerprint density at radius 1 is 0.970 bits per heavy atom. The number of rotatable bonds is 7. The zero-order valence-electron chi connectivity index (χ0n) is 19.3. The van der Waals surface area contributed by atoms with Crippen LogP contribution in [0.5, 0.6) is 11.5 Å². The molecule has 3 rings (SSSR count). The molecule has 2 aromatic rings. The fourth-order valence-electron chi connectivity index (χ4n) is 3.70. The second-order valence-electron chi connectivity index (χ2n) is 8.46. The number of benzene rings is 2. The van der Waals surface area contributed by atoms with Crippen molar-refractivity contribution in [1.29, 1.82) is 0 Å². The number of likely N-dealkylation sites (tertiary alicyclic amines) is 1. The zero-order chi connectivity index (χ0) is 23.8. The van der Waals surface area contributed by atoms with E-state index in [1.54, 1.807) is 49.9 Å². The minimum absolute atomic E-state index is 0.179. The lowest BCUT2D eigenvalue weighted by Crippen LogP contribution is -2.58. The zero-order valence-corrected chi connectivity index (χ0v) is 19.3. The molecule has 176 valence electrons. The van der Waals surface area contributed by atoms with Crippen molar-refractivity contribution in [3.8, 4) is 11.5 Å². The Labute approximate surface area is 194 Å². The molecule has 1 aliphatic heterocycles. The maximum atomic E-state index is 13.0. The lowest BCUT2D eigenvalue weighted by atomic mass is 9.94. The van der Waals surface area contributed by atoms with Crippen molar-refractivity contribution in [2.24, 2.45) is 5.92 Å². The number of carbonyl (C=O) groups excluding carboxylic acids is 3. The van der Waals surface area contributed by atoms with E-state index in [2.05, 4.69) is 10.6 Å². The molecule has 0 spiro atoms. The summed E-state index contributed by atoms with van der Waals surface area (Å²) in [5.41, 5.74) is -0.525. The summed E-state index contributed by atoms with van der Waals surface area (Å²) in [6.07, 6.45) is 1.12. The summed E-state index contributed by atoms with van der Waals surface area (Å²) in [4.78, 5) is 39.1. The second kappa shape index (κ2) is 10.8. The van der Waals surface area contributed by atoms with Gasteiger partial charge in [0, 0.05) is 18.8 Å². The summed E-state index contributed by atoms with van der Waals surface area (Å²) in [6, 6.07) is 15.9. The molecule has 0 atom stereocenters. The van der Waals surface area contributed by atoms with Crippen LogP contribution in [-0.2, 0) is 14.3 Å². The van der Waals surface area contributed by atoms with E-state index in [-0.39, 0.29) is 17.8 Å². The predicted molar refractivity (Wildman–Crippen MR) is 125 cm³/mol. The molecule has 0 aliphatic carbocycles. The molecule has 0 saturated carbocycles. The van der Waals surface area contributed by atoms with E-state index in [1.165, 1.54) is 0 Å². The summed E-state index contributed by atoms with van der Waals surface area (Å²) in [5.74, 6) is 0.798. The molecule has 0 aromatic heterocycles. The molecule has 2 N–H and O–H groups in total. The fraction of sp³-hybridized carbons (Fsp3) is 0.400. The van der Waals surface area contributed by atoms with Crippen LogP contribution in [0, 0.1) is 5.92 Å². The molecule has 1 heterocycles. The van der Waals surface area contributed by atoms with Crippen molar-refractivity contribution in [2.75, 3.05) is 25.0 Å². The van der Waals surface area contributed by atoms with E-state index in [0.29, 0.717) is 44.0 Å². The van der Waals surface area contributed by atoms with Gasteiger partial charge < -0.3 is 25.0 Å². The van der Waals surface area contributed by atoms with Gasteiger partial charge in [0.2, 0.25) is 5.91 Å². The Bertz CT molecular complexity index is 952. The smallest absolute Gasteiger partial charge is 0.320 e. The Morgan fingerprint density at radius 2 is 1.58 bits per heavy atom. The van der Waals surface area contributed by atoms with Crippen LogP contribution in [0.25, 0.3) is 0 Å². The van der Waals surface area contributed by atoms with Crippen molar-refractivity contribution in [3.63, 3.8) is 0 Å². The highest BCUT2D eigenvalue weighted by Crippen LogP contribution is 2.23. The summed E-state index contributed by atoms with van der Waals surface area (Å²) in [5, 5.41) is 5.49. The highest BCUT2D eigenvalue weighted by Gasteiger charge is 2.36. The van der Waals surface area contributed by atoms with Crippen molar-refractivity contribution in [2.45, 2.75) is 39.2 Å². The van der Waals surface area contributed by atoms with E-state index in [1.807, 2.05) is 30.3 Å². The first kappa shape index (κ1) is 24.1. The standard InChI is InChI=1S/C25H31N3O5/c1-4-32-22(29)18-14-16-28(17-15-18)23(30)25(2,3)27-24(31)26-19-10-12-21(13-11-19)33-20-8-6-5-7-9-20/h5-13,18H,4,14-17H2,1-3H3,(H2,26,27,31). The van der Waals surface area contributed by atoms with Crippen LogP contribution in [0.3, 0.4) is 0 Å². The van der Waals surface area contributed by atoms with Crippen molar-refractivity contribution in [1.82, 2.24) is 10.2 Å². The lowest BCUT2D eigenvalue weighted by molar-refractivity contribution is -0.152. The van der Waals surface area contributed by atoms with E-state index in [0.717, 1.165) is 5.75 Å². The van der Waals surface area contributed by atoms with Crippen LogP contribution in [0.1, 0.15) is 33.6 Å². The normalized spacial score (nSPS) is 14.3. The van der Waals surface area contributed by atoms with Gasteiger partial charge >= 0.3 is 12.0 Å². The van der Waals surface area contributed by atoms with E-state index < -0.39 is 11.6 Å². The van der Waals surface area contributed by atoms with Gasteiger partial charge in [-0.3, -0.25) is 9.59 Å². The number of ether oxygens (including phenoxy) is 2. The number of carbonyl (C=O) groups is 3. The first-order chi connectivity index (χ1) is 15.8. The molecule has 1 fully saturated rings. The van der Waals surface area contributed by atoms with Gasteiger partial charge in [0.05, 0.1) is 12.5 Å². The number of esters is 1. The van der Waals surface area contributed by atoms with Crippen molar-refractivity contribution < 1.29 is 23.9 Å². The lowest BCUT2D eigenvalue weighted by Gasteiger charge is -2.36. The van der Waals surface area contributed by atoms with Crippen molar-refractivity contribution >= 4 is 23.6 Å². The minimum atomic E-state index is -1.10. The van der Waals surface area contributed by atoms with Crippen LogP contribution in [0.4, 0.5) is 10.5 Å². The van der Waals surface area contributed by atoms with Gasteiger partial charge in [-0.15, -0.1) is 0 Å². The average Bonchev–Trinajstić information content (AvgIpc) is 2.80.